The second kappa shape index (κ2) is 5.93. The lowest BCUT2D eigenvalue weighted by Gasteiger charge is -2.28. The van der Waals surface area contributed by atoms with Crippen LogP contribution in [-0.4, -0.2) is 36.5 Å². The van der Waals surface area contributed by atoms with Crippen LogP contribution in [0.2, 0.25) is 0 Å². The number of rotatable bonds is 4. The zero-order chi connectivity index (χ0) is 14.8. The van der Waals surface area contributed by atoms with Crippen molar-refractivity contribution < 1.29 is 10.2 Å². The molecule has 0 aliphatic rings. The Labute approximate surface area is 116 Å². The smallest absolute Gasteiger partial charge is 0.0945 e. The standard InChI is InChI=1S/C16H27NO2/c1-11-7-13(16(3,4)5)8-12(2)15(11)17(6)9-14(19)10-18/h7-8,14,18-19H,9-10H2,1-6H3. The van der Waals surface area contributed by atoms with E-state index in [1.807, 2.05) is 11.9 Å². The van der Waals surface area contributed by atoms with Gasteiger partial charge in [-0.1, -0.05) is 32.9 Å². The van der Waals surface area contributed by atoms with Gasteiger partial charge < -0.3 is 15.1 Å². The van der Waals surface area contributed by atoms with Gasteiger partial charge in [-0.3, -0.25) is 0 Å². The first-order valence-electron chi connectivity index (χ1n) is 6.78. The summed E-state index contributed by atoms with van der Waals surface area (Å²) in [5.41, 5.74) is 5.01. The van der Waals surface area contributed by atoms with E-state index in [1.165, 1.54) is 16.7 Å². The molecule has 1 rings (SSSR count). The first kappa shape index (κ1) is 16.0. The molecule has 0 heterocycles. The van der Waals surface area contributed by atoms with E-state index in [1.54, 1.807) is 0 Å². The molecule has 0 fully saturated rings. The molecule has 1 unspecified atom stereocenters. The Hall–Kier alpha value is -1.06. The van der Waals surface area contributed by atoms with Crippen LogP contribution in [0.25, 0.3) is 0 Å². The van der Waals surface area contributed by atoms with Crippen molar-refractivity contribution in [2.45, 2.75) is 46.1 Å². The Kier molecular flexibility index (Phi) is 4.99. The molecule has 0 aliphatic carbocycles. The molecule has 1 atom stereocenters. The molecule has 1 aromatic rings. The minimum Gasteiger partial charge on any atom is -0.394 e. The van der Waals surface area contributed by atoms with Gasteiger partial charge in [0.05, 0.1) is 12.7 Å². The number of nitrogens with zero attached hydrogens (tertiary/aromatic N) is 1. The highest BCUT2D eigenvalue weighted by Gasteiger charge is 2.18. The lowest BCUT2D eigenvalue weighted by atomic mass is 9.84. The Morgan fingerprint density at radius 2 is 1.63 bits per heavy atom. The number of benzene rings is 1. The molecule has 0 spiro atoms. The number of likely N-dealkylation sites (N-methyl/N-ethyl adjacent to an activating group) is 1. The molecule has 0 aromatic heterocycles. The molecule has 0 radical (unpaired) electrons. The van der Waals surface area contributed by atoms with Crippen LogP contribution in [0, 0.1) is 13.8 Å². The van der Waals surface area contributed by atoms with Crippen molar-refractivity contribution in [2.75, 3.05) is 25.1 Å². The molecule has 19 heavy (non-hydrogen) atoms. The summed E-state index contributed by atoms with van der Waals surface area (Å²) in [6, 6.07) is 4.42. The van der Waals surface area contributed by atoms with Gasteiger partial charge in [-0.15, -0.1) is 0 Å². The van der Waals surface area contributed by atoms with Gasteiger partial charge in [0, 0.05) is 19.3 Å². The Balaban J connectivity index is 3.10. The topological polar surface area (TPSA) is 43.7 Å². The lowest BCUT2D eigenvalue weighted by molar-refractivity contribution is 0.101. The van der Waals surface area contributed by atoms with Crippen molar-refractivity contribution in [2.24, 2.45) is 0 Å². The molecular formula is C16H27NO2. The summed E-state index contributed by atoms with van der Waals surface area (Å²) in [5.74, 6) is 0. The Bertz CT molecular complexity index is 412. The van der Waals surface area contributed by atoms with Gasteiger partial charge in [0.25, 0.3) is 0 Å². The highest BCUT2D eigenvalue weighted by molar-refractivity contribution is 5.60. The minimum atomic E-state index is -0.703. The maximum atomic E-state index is 9.56. The molecular weight excluding hydrogens is 238 g/mol. The number of hydrogen-bond donors (Lipinski definition) is 2. The normalized spacial score (nSPS) is 13.5. The van der Waals surface area contributed by atoms with E-state index < -0.39 is 6.10 Å². The second-order valence-electron chi connectivity index (χ2n) is 6.43. The third-order valence-corrected chi connectivity index (χ3v) is 3.43. The number of hydrogen-bond acceptors (Lipinski definition) is 3. The fraction of sp³-hybridized carbons (Fsp3) is 0.625. The van der Waals surface area contributed by atoms with E-state index in [0.29, 0.717) is 6.54 Å². The van der Waals surface area contributed by atoms with Crippen LogP contribution in [0.4, 0.5) is 5.69 Å². The van der Waals surface area contributed by atoms with E-state index in [0.717, 1.165) is 5.69 Å². The third kappa shape index (κ3) is 3.95. The summed E-state index contributed by atoms with van der Waals surface area (Å²) in [7, 11) is 1.95. The summed E-state index contributed by atoms with van der Waals surface area (Å²) >= 11 is 0. The highest BCUT2D eigenvalue weighted by atomic mass is 16.3. The van der Waals surface area contributed by atoms with Crippen molar-refractivity contribution >= 4 is 5.69 Å². The van der Waals surface area contributed by atoms with Crippen LogP contribution in [0.15, 0.2) is 12.1 Å². The predicted octanol–water partition coefficient (Wildman–Crippen LogP) is 2.39. The molecule has 108 valence electrons. The molecule has 0 aliphatic heterocycles. The maximum Gasteiger partial charge on any atom is 0.0945 e. The lowest BCUT2D eigenvalue weighted by Crippen LogP contribution is -2.32. The van der Waals surface area contributed by atoms with E-state index in [4.69, 9.17) is 5.11 Å². The fourth-order valence-corrected chi connectivity index (χ4v) is 2.46. The van der Waals surface area contributed by atoms with Crippen LogP contribution in [0.5, 0.6) is 0 Å². The van der Waals surface area contributed by atoms with E-state index >= 15 is 0 Å². The van der Waals surface area contributed by atoms with Crippen molar-refractivity contribution in [1.29, 1.82) is 0 Å². The van der Waals surface area contributed by atoms with Gasteiger partial charge >= 0.3 is 0 Å². The van der Waals surface area contributed by atoms with Gasteiger partial charge in [0.15, 0.2) is 0 Å². The summed E-state index contributed by atoms with van der Waals surface area (Å²) in [4.78, 5) is 2.01. The largest absolute Gasteiger partial charge is 0.394 e. The minimum absolute atomic E-state index is 0.136. The summed E-state index contributed by atoms with van der Waals surface area (Å²) < 4.78 is 0. The molecule has 0 saturated carbocycles. The fourth-order valence-electron chi connectivity index (χ4n) is 2.46. The molecule has 3 heteroatoms. The van der Waals surface area contributed by atoms with Gasteiger partial charge in [-0.2, -0.15) is 0 Å². The highest BCUT2D eigenvalue weighted by Crippen LogP contribution is 2.31. The Morgan fingerprint density at radius 1 is 1.16 bits per heavy atom. The van der Waals surface area contributed by atoms with Crippen LogP contribution in [-0.2, 0) is 5.41 Å². The molecule has 0 amide bonds. The Morgan fingerprint density at radius 3 is 2.00 bits per heavy atom. The summed E-state index contributed by atoms with van der Waals surface area (Å²) in [6.45, 7) is 11.1. The van der Waals surface area contributed by atoms with E-state index in [2.05, 4.69) is 46.8 Å². The zero-order valence-electron chi connectivity index (χ0n) is 13.0. The first-order valence-corrected chi connectivity index (χ1v) is 6.78. The van der Waals surface area contributed by atoms with Crippen molar-refractivity contribution in [1.82, 2.24) is 0 Å². The summed E-state index contributed by atoms with van der Waals surface area (Å²) in [5, 5.41) is 18.5. The van der Waals surface area contributed by atoms with E-state index in [-0.39, 0.29) is 12.0 Å². The third-order valence-electron chi connectivity index (χ3n) is 3.43. The number of aryl methyl sites for hydroxylation is 2. The number of aliphatic hydroxyl groups is 2. The number of anilines is 1. The monoisotopic (exact) mass is 265 g/mol. The van der Waals surface area contributed by atoms with Crippen molar-refractivity contribution in [3.63, 3.8) is 0 Å². The molecule has 0 saturated heterocycles. The second-order valence-corrected chi connectivity index (χ2v) is 6.43. The zero-order valence-corrected chi connectivity index (χ0v) is 13.0. The van der Waals surface area contributed by atoms with E-state index in [9.17, 15) is 5.11 Å². The SMILES string of the molecule is Cc1cc(C(C)(C)C)cc(C)c1N(C)CC(O)CO. The van der Waals surface area contributed by atoms with Crippen molar-refractivity contribution in [3.8, 4) is 0 Å². The van der Waals surface area contributed by atoms with Crippen molar-refractivity contribution in [3.05, 3.63) is 28.8 Å². The molecule has 3 nitrogen and oxygen atoms in total. The van der Waals surface area contributed by atoms with Gasteiger partial charge in [-0.25, -0.2) is 0 Å². The molecule has 2 N–H and O–H groups in total. The van der Waals surface area contributed by atoms with Gasteiger partial charge in [-0.05, 0) is 36.0 Å². The van der Waals surface area contributed by atoms with Gasteiger partial charge in [0.2, 0.25) is 0 Å². The first-order chi connectivity index (χ1) is 8.66. The quantitative estimate of drug-likeness (QED) is 0.878. The van der Waals surface area contributed by atoms with Gasteiger partial charge in [0.1, 0.15) is 0 Å². The number of aliphatic hydroxyl groups excluding tert-OH is 2. The predicted molar refractivity (Wildman–Crippen MR) is 81.0 cm³/mol. The molecule has 0 bridgehead atoms. The average molecular weight is 265 g/mol. The maximum absolute atomic E-state index is 9.56. The van der Waals surface area contributed by atoms with Crippen LogP contribution in [0.3, 0.4) is 0 Å². The van der Waals surface area contributed by atoms with Crippen LogP contribution < -0.4 is 4.90 Å². The van der Waals surface area contributed by atoms with Crippen LogP contribution >= 0.6 is 0 Å². The van der Waals surface area contributed by atoms with Crippen LogP contribution in [0.1, 0.15) is 37.5 Å². The molecule has 1 aromatic carbocycles. The average Bonchev–Trinajstić information content (AvgIpc) is 2.26. The summed E-state index contributed by atoms with van der Waals surface area (Å²) in [6.07, 6.45) is -0.703.